The van der Waals surface area contributed by atoms with Gasteiger partial charge in [-0.05, 0) is 31.2 Å². The van der Waals surface area contributed by atoms with Crippen LogP contribution in [0.2, 0.25) is 0 Å². The molecule has 4 atom stereocenters. The van der Waals surface area contributed by atoms with Gasteiger partial charge in [-0.1, -0.05) is 6.92 Å². The average molecular weight is 179 g/mol. The second-order valence-corrected chi connectivity index (χ2v) is 5.40. The Hall–Kier alpha value is -0.370. The minimum Gasteiger partial charge on any atom is -0.302 e. The van der Waals surface area contributed by atoms with Crippen LogP contribution in [-0.2, 0) is 4.79 Å². The van der Waals surface area contributed by atoms with E-state index >= 15 is 0 Å². The predicted molar refractivity (Wildman–Crippen MR) is 50.4 cm³/mol. The largest absolute Gasteiger partial charge is 0.302 e. The zero-order chi connectivity index (χ0) is 9.22. The van der Waals surface area contributed by atoms with Crippen molar-refractivity contribution < 1.29 is 4.79 Å². The first-order valence-electron chi connectivity index (χ1n) is 5.36. The van der Waals surface area contributed by atoms with Crippen LogP contribution in [-0.4, -0.2) is 30.3 Å². The summed E-state index contributed by atoms with van der Waals surface area (Å²) in [6, 6.07) is 0.588. The van der Waals surface area contributed by atoms with Gasteiger partial charge in [0.15, 0.2) is 0 Å². The number of carbonyl (C=O) groups excluding carboxylic acids is 1. The molecule has 0 aromatic rings. The number of Topliss-reactive ketones (excluding diaryl/α,β-unsaturated/α-hetero) is 1. The summed E-state index contributed by atoms with van der Waals surface area (Å²) in [5, 5.41) is 0. The molecule has 0 aromatic heterocycles. The average Bonchev–Trinajstić information content (AvgIpc) is 2.36. The van der Waals surface area contributed by atoms with Gasteiger partial charge in [0, 0.05) is 24.9 Å². The maximum Gasteiger partial charge on any atom is 0.138 e. The molecule has 0 amide bonds. The third-order valence-corrected chi connectivity index (χ3v) is 4.80. The van der Waals surface area contributed by atoms with Gasteiger partial charge in [-0.25, -0.2) is 0 Å². The van der Waals surface area contributed by atoms with Crippen LogP contribution < -0.4 is 0 Å². The second-order valence-electron chi connectivity index (χ2n) is 5.40. The van der Waals surface area contributed by atoms with Gasteiger partial charge in [-0.15, -0.1) is 0 Å². The summed E-state index contributed by atoms with van der Waals surface area (Å²) in [4.78, 5) is 14.2. The van der Waals surface area contributed by atoms with E-state index in [1.807, 2.05) is 0 Å². The van der Waals surface area contributed by atoms with Crippen molar-refractivity contribution in [2.45, 2.75) is 32.2 Å². The lowest BCUT2D eigenvalue weighted by Crippen LogP contribution is -2.39. The van der Waals surface area contributed by atoms with Crippen LogP contribution in [0.1, 0.15) is 26.2 Å². The highest BCUT2D eigenvalue weighted by molar-refractivity contribution is 5.84. The van der Waals surface area contributed by atoms with Crippen LogP contribution in [0.15, 0.2) is 0 Å². The Morgan fingerprint density at radius 3 is 3.00 bits per heavy atom. The van der Waals surface area contributed by atoms with Crippen molar-refractivity contribution in [1.29, 1.82) is 0 Å². The van der Waals surface area contributed by atoms with Gasteiger partial charge < -0.3 is 4.90 Å². The fourth-order valence-corrected chi connectivity index (χ4v) is 4.21. The van der Waals surface area contributed by atoms with Gasteiger partial charge in [0.2, 0.25) is 0 Å². The number of ketones is 1. The Balaban J connectivity index is 2.06. The van der Waals surface area contributed by atoms with Crippen molar-refractivity contribution in [3.05, 3.63) is 0 Å². The van der Waals surface area contributed by atoms with Crippen LogP contribution in [0.5, 0.6) is 0 Å². The van der Waals surface area contributed by atoms with Gasteiger partial charge in [-0.2, -0.15) is 0 Å². The Kier molecular flexibility index (Phi) is 1.33. The predicted octanol–water partition coefficient (Wildman–Crippen LogP) is 1.31. The van der Waals surface area contributed by atoms with E-state index in [-0.39, 0.29) is 0 Å². The van der Waals surface area contributed by atoms with Gasteiger partial charge in [0.25, 0.3) is 0 Å². The van der Waals surface area contributed by atoms with Crippen LogP contribution in [0.3, 0.4) is 0 Å². The Labute approximate surface area is 79.3 Å². The van der Waals surface area contributed by atoms with Crippen molar-refractivity contribution in [2.75, 3.05) is 13.6 Å². The molecule has 0 radical (unpaired) electrons. The number of nitrogens with zero attached hydrogens (tertiary/aromatic N) is 1. The number of hydrogen-bond acceptors (Lipinski definition) is 2. The molecule has 4 bridgehead atoms. The summed E-state index contributed by atoms with van der Waals surface area (Å²) in [6.07, 6.45) is 3.30. The van der Waals surface area contributed by atoms with E-state index in [4.69, 9.17) is 0 Å². The van der Waals surface area contributed by atoms with Crippen LogP contribution in [0.25, 0.3) is 0 Å². The smallest absolute Gasteiger partial charge is 0.138 e. The minimum absolute atomic E-state index is 0.342. The summed E-state index contributed by atoms with van der Waals surface area (Å²) < 4.78 is 0. The highest BCUT2D eigenvalue weighted by Crippen LogP contribution is 2.59. The fourth-order valence-electron chi connectivity index (χ4n) is 4.21. The number of piperidine rings is 1. The molecule has 1 aliphatic heterocycles. The number of likely N-dealkylation sites (tertiary alicyclic amines) is 1. The summed E-state index contributed by atoms with van der Waals surface area (Å²) in [5.41, 5.74) is 0.342. The molecule has 3 fully saturated rings. The lowest BCUT2D eigenvalue weighted by atomic mass is 9.67. The first-order valence-corrected chi connectivity index (χ1v) is 5.36. The Morgan fingerprint density at radius 1 is 1.54 bits per heavy atom. The van der Waals surface area contributed by atoms with Crippen LogP contribution in [0.4, 0.5) is 0 Å². The van der Waals surface area contributed by atoms with E-state index in [2.05, 4.69) is 18.9 Å². The Morgan fingerprint density at radius 2 is 2.31 bits per heavy atom. The van der Waals surface area contributed by atoms with Crippen molar-refractivity contribution >= 4 is 5.78 Å². The maximum absolute atomic E-state index is 11.8. The molecule has 3 rings (SSSR count). The molecular weight excluding hydrogens is 162 g/mol. The van der Waals surface area contributed by atoms with Crippen molar-refractivity contribution in [1.82, 2.24) is 4.90 Å². The molecule has 1 unspecified atom stereocenters. The summed E-state index contributed by atoms with van der Waals surface area (Å²) in [6.45, 7) is 3.49. The molecule has 0 N–H and O–H groups in total. The van der Waals surface area contributed by atoms with E-state index in [0.717, 1.165) is 25.3 Å². The summed E-state index contributed by atoms with van der Waals surface area (Å²) >= 11 is 0. The number of carbonyl (C=O) groups is 1. The monoisotopic (exact) mass is 179 g/mol. The first-order chi connectivity index (χ1) is 6.13. The van der Waals surface area contributed by atoms with Crippen molar-refractivity contribution in [3.63, 3.8) is 0 Å². The molecular formula is C11H17NO. The van der Waals surface area contributed by atoms with Gasteiger partial charge >= 0.3 is 0 Å². The zero-order valence-electron chi connectivity index (χ0n) is 8.42. The molecule has 2 heteroatoms. The van der Waals surface area contributed by atoms with Gasteiger partial charge in [0.1, 0.15) is 5.78 Å². The number of rotatable bonds is 0. The molecule has 0 spiro atoms. The SMILES string of the molecule is CN1C[C@]2(C)C3C(=O)CC[C@@H]2C[C@H]31. The highest BCUT2D eigenvalue weighted by Gasteiger charge is 2.63. The quantitative estimate of drug-likeness (QED) is 0.558. The molecule has 0 aromatic carbocycles. The highest BCUT2D eigenvalue weighted by atomic mass is 16.1. The molecule has 1 saturated heterocycles. The molecule has 13 heavy (non-hydrogen) atoms. The normalized spacial score (nSPS) is 54.6. The maximum atomic E-state index is 11.8. The van der Waals surface area contributed by atoms with E-state index in [9.17, 15) is 4.79 Å². The van der Waals surface area contributed by atoms with Crippen LogP contribution >= 0.6 is 0 Å². The molecule has 2 saturated carbocycles. The second kappa shape index (κ2) is 2.17. The molecule has 1 heterocycles. The van der Waals surface area contributed by atoms with Crippen molar-refractivity contribution in [2.24, 2.45) is 17.3 Å². The third-order valence-electron chi connectivity index (χ3n) is 4.80. The van der Waals surface area contributed by atoms with Crippen LogP contribution in [0, 0.1) is 17.3 Å². The fraction of sp³-hybridized carbons (Fsp3) is 0.909. The molecule has 2 aliphatic carbocycles. The topological polar surface area (TPSA) is 20.3 Å². The Bertz CT molecular complexity index is 275. The van der Waals surface area contributed by atoms with Crippen molar-refractivity contribution in [3.8, 4) is 0 Å². The standard InChI is InChI=1S/C11H17NO/c1-11-6-12(2)8-5-7(11)3-4-9(13)10(8)11/h7-8,10H,3-6H2,1-2H3/t7-,8-,10?,11+/m1/s1. The van der Waals surface area contributed by atoms with Gasteiger partial charge in [-0.3, -0.25) is 4.79 Å². The summed E-state index contributed by atoms with van der Waals surface area (Å²) in [5.74, 6) is 1.78. The van der Waals surface area contributed by atoms with E-state index in [1.165, 1.54) is 6.42 Å². The number of hydrogen-bond donors (Lipinski definition) is 0. The van der Waals surface area contributed by atoms with E-state index in [0.29, 0.717) is 23.2 Å². The third kappa shape index (κ3) is 0.762. The molecule has 72 valence electrons. The van der Waals surface area contributed by atoms with E-state index < -0.39 is 0 Å². The lowest BCUT2D eigenvalue weighted by molar-refractivity contribution is -0.128. The lowest BCUT2D eigenvalue weighted by Gasteiger charge is -2.38. The molecule has 3 aliphatic rings. The minimum atomic E-state index is 0.342. The summed E-state index contributed by atoms with van der Waals surface area (Å²) in [7, 11) is 2.18. The zero-order valence-corrected chi connectivity index (χ0v) is 8.42. The molecule has 2 nitrogen and oxygen atoms in total. The first kappa shape index (κ1) is 7.98. The van der Waals surface area contributed by atoms with E-state index in [1.54, 1.807) is 0 Å². The van der Waals surface area contributed by atoms with Gasteiger partial charge in [0.05, 0.1) is 0 Å².